The third-order valence-corrected chi connectivity index (χ3v) is 2.19. The lowest BCUT2D eigenvalue weighted by molar-refractivity contribution is -0.265. The summed E-state index contributed by atoms with van der Waals surface area (Å²) in [5.41, 5.74) is 0. The first-order valence-electron chi connectivity index (χ1n) is 3.87. The van der Waals surface area contributed by atoms with Gasteiger partial charge in [0.15, 0.2) is 12.4 Å². The van der Waals surface area contributed by atoms with Crippen molar-refractivity contribution in [2.45, 2.75) is 31.5 Å². The van der Waals surface area contributed by atoms with Crippen molar-refractivity contribution in [2.75, 3.05) is 0 Å². The normalized spacial score (nSPS) is 46.0. The molecule has 0 aliphatic carbocycles. The highest BCUT2D eigenvalue weighted by Gasteiger charge is 2.44. The molecule has 1 heterocycles. The number of rotatable bonds is 1. The van der Waals surface area contributed by atoms with Gasteiger partial charge < -0.3 is 25.2 Å². The predicted octanol–water partition coefficient (Wildman–Crippen LogP) is -1.85. The Kier molecular flexibility index (Phi) is 2.87. The highest BCUT2D eigenvalue weighted by molar-refractivity contribution is 5.73. The summed E-state index contributed by atoms with van der Waals surface area (Å²) in [6, 6.07) is 0. The molecule has 6 nitrogen and oxygen atoms in total. The summed E-state index contributed by atoms with van der Waals surface area (Å²) in [6.07, 6.45) is -5.67. The molecule has 0 aromatic heterocycles. The minimum absolute atomic E-state index is 0.754. The van der Waals surface area contributed by atoms with Crippen molar-refractivity contribution in [2.24, 2.45) is 5.92 Å². The summed E-state index contributed by atoms with van der Waals surface area (Å²) in [6.45, 7) is 1.43. The number of aliphatic carboxylic acids is 1. The molecule has 6 heteroatoms. The van der Waals surface area contributed by atoms with E-state index in [1.165, 1.54) is 6.92 Å². The van der Waals surface area contributed by atoms with Crippen LogP contribution in [0.5, 0.6) is 0 Å². The van der Waals surface area contributed by atoms with Gasteiger partial charge in [0.1, 0.15) is 6.10 Å². The fraction of sp³-hybridized carbons (Fsp3) is 0.857. The van der Waals surface area contributed by atoms with E-state index in [-0.39, 0.29) is 0 Å². The van der Waals surface area contributed by atoms with Gasteiger partial charge >= 0.3 is 5.97 Å². The molecule has 1 aliphatic heterocycles. The summed E-state index contributed by atoms with van der Waals surface area (Å²) in [5.74, 6) is -2.02. The third kappa shape index (κ3) is 1.80. The molecule has 0 saturated carbocycles. The Hall–Kier alpha value is -0.690. The minimum Gasteiger partial charge on any atom is -0.479 e. The monoisotopic (exact) mass is 192 g/mol. The van der Waals surface area contributed by atoms with E-state index in [1.807, 2.05) is 0 Å². The van der Waals surface area contributed by atoms with Gasteiger partial charge in [0.2, 0.25) is 0 Å². The number of hydrogen-bond acceptors (Lipinski definition) is 5. The lowest BCUT2D eigenvalue weighted by Gasteiger charge is -2.37. The average Bonchev–Trinajstić information content (AvgIpc) is 2.07. The maximum Gasteiger partial charge on any atom is 0.333 e. The molecular formula is C7H12O6. The molecule has 1 rings (SSSR count). The van der Waals surface area contributed by atoms with Crippen LogP contribution in [0, 0.1) is 5.92 Å². The van der Waals surface area contributed by atoms with Crippen molar-refractivity contribution in [1.82, 2.24) is 0 Å². The van der Waals surface area contributed by atoms with Crippen molar-refractivity contribution in [1.29, 1.82) is 0 Å². The van der Waals surface area contributed by atoms with Crippen molar-refractivity contribution >= 4 is 5.97 Å². The van der Waals surface area contributed by atoms with Crippen LogP contribution in [0.3, 0.4) is 0 Å². The number of carboxylic acids is 1. The zero-order valence-electron chi connectivity index (χ0n) is 6.99. The second kappa shape index (κ2) is 3.59. The summed E-state index contributed by atoms with van der Waals surface area (Å²) >= 11 is 0. The fourth-order valence-electron chi connectivity index (χ4n) is 1.30. The Morgan fingerprint density at radius 1 is 1.23 bits per heavy atom. The molecular weight excluding hydrogens is 180 g/mol. The van der Waals surface area contributed by atoms with Crippen molar-refractivity contribution in [3.8, 4) is 0 Å². The molecule has 1 aliphatic rings. The van der Waals surface area contributed by atoms with Gasteiger partial charge in [-0.25, -0.2) is 4.79 Å². The molecule has 1 fully saturated rings. The van der Waals surface area contributed by atoms with Gasteiger partial charge in [-0.2, -0.15) is 0 Å². The molecule has 0 spiro atoms. The number of aliphatic hydroxyl groups is 3. The van der Waals surface area contributed by atoms with Crippen LogP contribution >= 0.6 is 0 Å². The molecule has 0 aromatic carbocycles. The Morgan fingerprint density at radius 2 is 1.77 bits per heavy atom. The summed E-state index contributed by atoms with van der Waals surface area (Å²) in [5, 5.41) is 36.0. The number of carboxylic acid groups (broad SMARTS) is 1. The molecule has 4 N–H and O–H groups in total. The number of aliphatic hydroxyl groups excluding tert-OH is 3. The molecule has 0 aromatic rings. The van der Waals surface area contributed by atoms with E-state index in [0.717, 1.165) is 0 Å². The molecule has 0 amide bonds. The summed E-state index contributed by atoms with van der Waals surface area (Å²) < 4.78 is 4.59. The van der Waals surface area contributed by atoms with Gasteiger partial charge in [-0.05, 0) is 0 Å². The Bertz CT molecular complexity index is 205. The molecule has 0 bridgehead atoms. The third-order valence-electron chi connectivity index (χ3n) is 2.19. The van der Waals surface area contributed by atoms with Crippen LogP contribution in [-0.2, 0) is 9.53 Å². The Balaban J connectivity index is 2.76. The van der Waals surface area contributed by atoms with Crippen LogP contribution in [0.25, 0.3) is 0 Å². The predicted molar refractivity (Wildman–Crippen MR) is 39.7 cm³/mol. The van der Waals surface area contributed by atoms with Crippen molar-refractivity contribution < 1.29 is 30.0 Å². The van der Waals surface area contributed by atoms with Crippen LogP contribution in [0.15, 0.2) is 0 Å². The van der Waals surface area contributed by atoms with Crippen LogP contribution in [0.2, 0.25) is 0 Å². The smallest absolute Gasteiger partial charge is 0.333 e. The highest BCUT2D eigenvalue weighted by atomic mass is 16.6. The molecule has 5 atom stereocenters. The first-order chi connectivity index (χ1) is 5.95. The van der Waals surface area contributed by atoms with Gasteiger partial charge in [0, 0.05) is 5.92 Å². The highest BCUT2D eigenvalue weighted by Crippen LogP contribution is 2.24. The largest absolute Gasteiger partial charge is 0.479 e. The summed E-state index contributed by atoms with van der Waals surface area (Å²) in [4.78, 5) is 10.5. The first kappa shape index (κ1) is 10.4. The average molecular weight is 192 g/mol. The topological polar surface area (TPSA) is 107 Å². The van der Waals surface area contributed by atoms with E-state index >= 15 is 0 Å². The van der Waals surface area contributed by atoms with Crippen LogP contribution in [0.4, 0.5) is 0 Å². The van der Waals surface area contributed by atoms with Gasteiger partial charge in [0.25, 0.3) is 0 Å². The fourth-order valence-corrected chi connectivity index (χ4v) is 1.30. The molecule has 13 heavy (non-hydrogen) atoms. The van der Waals surface area contributed by atoms with E-state index in [4.69, 9.17) is 15.3 Å². The first-order valence-corrected chi connectivity index (χ1v) is 3.87. The van der Waals surface area contributed by atoms with Gasteiger partial charge in [-0.3, -0.25) is 0 Å². The second-order valence-electron chi connectivity index (χ2n) is 3.13. The maximum atomic E-state index is 10.5. The SMILES string of the molecule is CC1C(C(=O)O)OC(O)C(O)C1O. The van der Waals surface area contributed by atoms with Crippen LogP contribution in [0.1, 0.15) is 6.92 Å². The number of carbonyl (C=O) groups is 1. The lowest BCUT2D eigenvalue weighted by atomic mass is 9.91. The maximum absolute atomic E-state index is 10.5. The van der Waals surface area contributed by atoms with Gasteiger partial charge in [0.05, 0.1) is 6.10 Å². The van der Waals surface area contributed by atoms with Crippen LogP contribution in [-0.4, -0.2) is 51.0 Å². The van der Waals surface area contributed by atoms with E-state index in [2.05, 4.69) is 4.74 Å². The lowest BCUT2D eigenvalue weighted by Crippen LogP contribution is -2.55. The van der Waals surface area contributed by atoms with E-state index in [9.17, 15) is 9.90 Å². The van der Waals surface area contributed by atoms with Gasteiger partial charge in [-0.15, -0.1) is 0 Å². The Labute approximate surface area is 74.4 Å². The number of hydrogen-bond donors (Lipinski definition) is 4. The zero-order chi connectivity index (χ0) is 10.2. The molecule has 5 unspecified atom stereocenters. The van der Waals surface area contributed by atoms with E-state index < -0.39 is 36.5 Å². The molecule has 1 saturated heterocycles. The summed E-state index contributed by atoms with van der Waals surface area (Å²) in [7, 11) is 0. The standard InChI is InChI=1S/C7H12O6/c1-2-3(8)4(9)7(12)13-5(2)6(10)11/h2-5,7-9,12H,1H3,(H,10,11). The molecule has 76 valence electrons. The Morgan fingerprint density at radius 3 is 2.23 bits per heavy atom. The van der Waals surface area contributed by atoms with Crippen molar-refractivity contribution in [3.63, 3.8) is 0 Å². The van der Waals surface area contributed by atoms with E-state index in [0.29, 0.717) is 0 Å². The van der Waals surface area contributed by atoms with Crippen molar-refractivity contribution in [3.05, 3.63) is 0 Å². The van der Waals surface area contributed by atoms with E-state index in [1.54, 1.807) is 0 Å². The van der Waals surface area contributed by atoms with Crippen LogP contribution < -0.4 is 0 Å². The van der Waals surface area contributed by atoms with Gasteiger partial charge in [-0.1, -0.05) is 6.92 Å². The second-order valence-corrected chi connectivity index (χ2v) is 3.13. The quantitative estimate of drug-likeness (QED) is 0.388. The number of ether oxygens (including phenoxy) is 1. The zero-order valence-corrected chi connectivity index (χ0v) is 6.99. The molecule has 0 radical (unpaired) electrons. The minimum atomic E-state index is -1.65.